The molecule has 1 aromatic carbocycles. The fourth-order valence-electron chi connectivity index (χ4n) is 2.86. The topological polar surface area (TPSA) is 35.2 Å². The van der Waals surface area contributed by atoms with Gasteiger partial charge >= 0.3 is 0 Å². The van der Waals surface area contributed by atoms with Crippen LogP contribution in [0.3, 0.4) is 0 Å². The Balaban J connectivity index is 2.36. The minimum atomic E-state index is 0.0849. The molecule has 0 aromatic heterocycles. The molecule has 1 aliphatic rings. The first-order valence-electron chi connectivity index (χ1n) is 6.26. The molecule has 0 radical (unpaired) electrons. The van der Waals surface area contributed by atoms with Crippen LogP contribution in [0.2, 0.25) is 5.02 Å². The Hall–Kier alpha value is -0.730. The first-order chi connectivity index (χ1) is 8.22. The van der Waals surface area contributed by atoms with E-state index in [0.717, 1.165) is 23.6 Å². The lowest BCUT2D eigenvalue weighted by Gasteiger charge is -2.37. The van der Waals surface area contributed by atoms with Gasteiger partial charge in [-0.15, -0.1) is 0 Å². The molecule has 0 aliphatic heterocycles. The lowest BCUT2D eigenvalue weighted by Crippen LogP contribution is -2.37. The molecule has 0 amide bonds. The molecule has 17 heavy (non-hydrogen) atoms. The highest BCUT2D eigenvalue weighted by Crippen LogP contribution is 2.42. The zero-order valence-electron chi connectivity index (χ0n) is 10.3. The van der Waals surface area contributed by atoms with Gasteiger partial charge in [-0.25, -0.2) is 0 Å². The Morgan fingerprint density at radius 3 is 2.53 bits per heavy atom. The summed E-state index contributed by atoms with van der Waals surface area (Å²) < 4.78 is 5.19. The third-order valence-electron chi connectivity index (χ3n) is 3.95. The van der Waals surface area contributed by atoms with Crippen LogP contribution in [0.4, 0.5) is 0 Å². The third-order valence-corrected chi connectivity index (χ3v) is 4.26. The van der Waals surface area contributed by atoms with Crippen LogP contribution in [0.5, 0.6) is 5.75 Å². The van der Waals surface area contributed by atoms with Crippen LogP contribution in [0.25, 0.3) is 0 Å². The smallest absolute Gasteiger partial charge is 0.120 e. The maximum absolute atomic E-state index is 6.37. The number of nitrogens with two attached hydrogens (primary N) is 1. The van der Waals surface area contributed by atoms with E-state index in [-0.39, 0.29) is 5.41 Å². The summed E-state index contributed by atoms with van der Waals surface area (Å²) >= 11 is 6.37. The maximum atomic E-state index is 6.37. The van der Waals surface area contributed by atoms with E-state index in [1.807, 2.05) is 12.1 Å². The van der Waals surface area contributed by atoms with Gasteiger partial charge in [0.1, 0.15) is 5.75 Å². The SMILES string of the molecule is COc1ccc(C2(CN)CCCCC2)c(Cl)c1. The van der Waals surface area contributed by atoms with Gasteiger partial charge in [0.2, 0.25) is 0 Å². The van der Waals surface area contributed by atoms with Gasteiger partial charge < -0.3 is 10.5 Å². The van der Waals surface area contributed by atoms with Crippen molar-refractivity contribution < 1.29 is 4.74 Å². The third kappa shape index (κ3) is 2.43. The Morgan fingerprint density at radius 2 is 2.00 bits per heavy atom. The average Bonchev–Trinajstić information content (AvgIpc) is 2.39. The number of rotatable bonds is 3. The Morgan fingerprint density at radius 1 is 1.29 bits per heavy atom. The number of methoxy groups -OCH3 is 1. The Bertz CT molecular complexity index is 386. The van der Waals surface area contributed by atoms with Gasteiger partial charge in [0.05, 0.1) is 7.11 Å². The lowest BCUT2D eigenvalue weighted by atomic mass is 9.69. The monoisotopic (exact) mass is 253 g/mol. The standard InChI is InChI=1S/C14H20ClNO/c1-17-11-5-6-12(13(15)9-11)14(10-16)7-3-2-4-8-14/h5-6,9H,2-4,7-8,10,16H2,1H3. The first kappa shape index (κ1) is 12.7. The number of ether oxygens (including phenoxy) is 1. The second-order valence-electron chi connectivity index (χ2n) is 4.89. The zero-order chi connectivity index (χ0) is 12.3. The summed E-state index contributed by atoms with van der Waals surface area (Å²) in [5.74, 6) is 0.807. The van der Waals surface area contributed by atoms with E-state index in [9.17, 15) is 0 Å². The molecule has 2 rings (SSSR count). The Labute approximate surface area is 108 Å². The van der Waals surface area contributed by atoms with E-state index >= 15 is 0 Å². The van der Waals surface area contributed by atoms with Crippen molar-refractivity contribution in [1.29, 1.82) is 0 Å². The van der Waals surface area contributed by atoms with Crippen molar-refractivity contribution in [3.63, 3.8) is 0 Å². The van der Waals surface area contributed by atoms with E-state index in [4.69, 9.17) is 22.1 Å². The highest BCUT2D eigenvalue weighted by molar-refractivity contribution is 6.31. The number of benzene rings is 1. The van der Waals surface area contributed by atoms with Gasteiger partial charge in [0.15, 0.2) is 0 Å². The molecule has 1 aromatic rings. The predicted octanol–water partition coefficient (Wildman–Crippen LogP) is 3.51. The van der Waals surface area contributed by atoms with Crippen molar-refractivity contribution in [2.75, 3.05) is 13.7 Å². The molecule has 2 nitrogen and oxygen atoms in total. The molecule has 0 saturated heterocycles. The van der Waals surface area contributed by atoms with Crippen molar-refractivity contribution in [2.45, 2.75) is 37.5 Å². The highest BCUT2D eigenvalue weighted by atomic mass is 35.5. The molecule has 0 spiro atoms. The van der Waals surface area contributed by atoms with Crippen molar-refractivity contribution in [3.8, 4) is 5.75 Å². The van der Waals surface area contributed by atoms with Crippen LogP contribution in [0, 0.1) is 0 Å². The van der Waals surface area contributed by atoms with Crippen LogP contribution in [-0.2, 0) is 5.41 Å². The van der Waals surface area contributed by atoms with Crippen LogP contribution in [0.15, 0.2) is 18.2 Å². The largest absolute Gasteiger partial charge is 0.497 e. The average molecular weight is 254 g/mol. The maximum Gasteiger partial charge on any atom is 0.120 e. The summed E-state index contributed by atoms with van der Waals surface area (Å²) in [6, 6.07) is 5.95. The van der Waals surface area contributed by atoms with Crippen LogP contribution in [0.1, 0.15) is 37.7 Å². The highest BCUT2D eigenvalue weighted by Gasteiger charge is 2.34. The van der Waals surface area contributed by atoms with Gasteiger partial charge in [-0.2, -0.15) is 0 Å². The van der Waals surface area contributed by atoms with Crippen molar-refractivity contribution in [2.24, 2.45) is 5.73 Å². The van der Waals surface area contributed by atoms with Gasteiger partial charge in [-0.3, -0.25) is 0 Å². The van der Waals surface area contributed by atoms with E-state index in [1.165, 1.54) is 24.8 Å². The van der Waals surface area contributed by atoms with Crippen LogP contribution < -0.4 is 10.5 Å². The molecule has 0 unspecified atom stereocenters. The van der Waals surface area contributed by atoms with Gasteiger partial charge in [-0.1, -0.05) is 36.9 Å². The summed E-state index contributed by atoms with van der Waals surface area (Å²) in [5.41, 5.74) is 7.30. The summed E-state index contributed by atoms with van der Waals surface area (Å²) in [7, 11) is 1.66. The quantitative estimate of drug-likeness (QED) is 0.895. The fraction of sp³-hybridized carbons (Fsp3) is 0.571. The number of hydrogen-bond acceptors (Lipinski definition) is 2. The predicted molar refractivity (Wildman–Crippen MR) is 71.8 cm³/mol. The van der Waals surface area contributed by atoms with Crippen molar-refractivity contribution >= 4 is 11.6 Å². The lowest BCUT2D eigenvalue weighted by molar-refractivity contribution is 0.300. The minimum absolute atomic E-state index is 0.0849. The molecular formula is C14H20ClNO. The zero-order valence-corrected chi connectivity index (χ0v) is 11.1. The van der Waals surface area contributed by atoms with E-state index in [0.29, 0.717) is 6.54 Å². The molecule has 0 atom stereocenters. The molecule has 0 heterocycles. The molecular weight excluding hydrogens is 234 g/mol. The molecule has 1 aliphatic carbocycles. The summed E-state index contributed by atoms with van der Waals surface area (Å²) in [6.45, 7) is 0.680. The molecule has 3 heteroatoms. The second kappa shape index (κ2) is 5.28. The number of halogens is 1. The van der Waals surface area contributed by atoms with Gasteiger partial charge in [-0.05, 0) is 30.5 Å². The van der Waals surface area contributed by atoms with Crippen LogP contribution in [-0.4, -0.2) is 13.7 Å². The fourth-order valence-corrected chi connectivity index (χ4v) is 3.24. The van der Waals surface area contributed by atoms with E-state index in [2.05, 4.69) is 6.07 Å². The summed E-state index contributed by atoms with van der Waals surface area (Å²) in [4.78, 5) is 0. The van der Waals surface area contributed by atoms with Crippen molar-refractivity contribution in [3.05, 3.63) is 28.8 Å². The first-order valence-corrected chi connectivity index (χ1v) is 6.64. The summed E-state index contributed by atoms with van der Waals surface area (Å²) in [5, 5.41) is 0.789. The van der Waals surface area contributed by atoms with E-state index < -0.39 is 0 Å². The molecule has 2 N–H and O–H groups in total. The van der Waals surface area contributed by atoms with Gasteiger partial charge in [0.25, 0.3) is 0 Å². The van der Waals surface area contributed by atoms with Crippen molar-refractivity contribution in [1.82, 2.24) is 0 Å². The second-order valence-corrected chi connectivity index (χ2v) is 5.30. The van der Waals surface area contributed by atoms with Crippen LogP contribution >= 0.6 is 11.6 Å². The number of hydrogen-bond donors (Lipinski definition) is 1. The Kier molecular flexibility index (Phi) is 3.95. The van der Waals surface area contributed by atoms with Gasteiger partial charge in [0, 0.05) is 17.0 Å². The molecule has 0 bridgehead atoms. The minimum Gasteiger partial charge on any atom is -0.497 e. The summed E-state index contributed by atoms with van der Waals surface area (Å²) in [6.07, 6.45) is 6.11. The molecule has 1 saturated carbocycles. The van der Waals surface area contributed by atoms with E-state index in [1.54, 1.807) is 7.11 Å². The normalized spacial score (nSPS) is 19.0. The molecule has 94 valence electrons. The molecule has 1 fully saturated rings.